The maximum atomic E-state index is 2.56. The Hall–Kier alpha value is -0.200. The van der Waals surface area contributed by atoms with Gasteiger partial charge in [-0.25, -0.2) is 12.1 Å². The van der Waals surface area contributed by atoms with Gasteiger partial charge in [-0.2, -0.15) is 44.8 Å². The van der Waals surface area contributed by atoms with Crippen LogP contribution in [0.15, 0.2) is 24.3 Å². The predicted octanol–water partition coefficient (Wildman–Crippen LogP) is 3.70. The van der Waals surface area contributed by atoms with Crippen molar-refractivity contribution in [1.82, 2.24) is 0 Å². The molecule has 0 N–H and O–H groups in total. The van der Waals surface area contributed by atoms with Crippen LogP contribution in [0.2, 0.25) is 13.1 Å². The third kappa shape index (κ3) is 2.82. The first-order valence-electron chi connectivity index (χ1n) is 8.72. The van der Waals surface area contributed by atoms with Crippen molar-refractivity contribution in [3.05, 3.63) is 46.5 Å². The van der Waals surface area contributed by atoms with Crippen molar-refractivity contribution in [2.24, 2.45) is 0 Å². The second-order valence-electron chi connectivity index (χ2n) is 7.63. The average molecular weight is 386 g/mol. The Labute approximate surface area is 155 Å². The molecule has 0 saturated carbocycles. The molecular weight excluding hydrogens is 360 g/mol. The normalized spacial score (nSPS) is 17.5. The molecule has 0 aliphatic heterocycles. The van der Waals surface area contributed by atoms with Gasteiger partial charge in [0.2, 0.25) is 0 Å². The van der Waals surface area contributed by atoms with Crippen LogP contribution in [0, 0.1) is 0 Å². The van der Waals surface area contributed by atoms with Gasteiger partial charge in [-0.05, 0) is 0 Å². The molecule has 0 aromatic heterocycles. The Morgan fingerprint density at radius 2 is 1.14 bits per heavy atom. The van der Waals surface area contributed by atoms with E-state index in [4.69, 9.17) is 0 Å². The topological polar surface area (TPSA) is 0 Å². The fraction of sp³-hybridized carbons (Fsp3) is 0.500. The van der Waals surface area contributed by atoms with Gasteiger partial charge >= 0.3 is 26.2 Å². The maximum Gasteiger partial charge on any atom is 2.00 e. The summed E-state index contributed by atoms with van der Waals surface area (Å²) in [4.78, 5) is 0. The van der Waals surface area contributed by atoms with Crippen molar-refractivity contribution in [3.63, 3.8) is 0 Å². The number of rotatable bonds is 2. The molecule has 0 atom stereocenters. The molecule has 2 aromatic carbocycles. The molecule has 0 saturated heterocycles. The molecule has 0 radical (unpaired) electrons. The second-order valence-corrected chi connectivity index (χ2v) is 12.0. The van der Waals surface area contributed by atoms with Crippen LogP contribution in [0.3, 0.4) is 0 Å². The first-order chi connectivity index (χ1) is 10.1. The van der Waals surface area contributed by atoms with E-state index in [-0.39, 0.29) is 26.2 Å². The summed E-state index contributed by atoms with van der Waals surface area (Å²) in [6.07, 6.45) is 10.8. The third-order valence-electron chi connectivity index (χ3n) is 5.87. The van der Waals surface area contributed by atoms with Gasteiger partial charge in [0.05, 0.1) is 8.07 Å². The van der Waals surface area contributed by atoms with Gasteiger partial charge in [-0.3, -0.25) is 0 Å². The van der Waals surface area contributed by atoms with E-state index in [1.807, 2.05) is 0 Å². The zero-order valence-corrected chi connectivity index (χ0v) is 17.4. The summed E-state index contributed by atoms with van der Waals surface area (Å²) in [6.45, 7) is 5.10. The van der Waals surface area contributed by atoms with E-state index in [1.54, 1.807) is 32.6 Å². The first kappa shape index (κ1) is 16.7. The molecule has 0 amide bonds. The van der Waals surface area contributed by atoms with Crippen molar-refractivity contribution in [3.8, 4) is 0 Å². The van der Waals surface area contributed by atoms with Crippen molar-refractivity contribution in [2.75, 3.05) is 0 Å². The Balaban J connectivity index is 0.00000144. The van der Waals surface area contributed by atoms with E-state index in [1.165, 1.54) is 51.4 Å². The fourth-order valence-corrected chi connectivity index (χ4v) is 6.76. The van der Waals surface area contributed by atoms with Crippen LogP contribution in [0.5, 0.6) is 0 Å². The average Bonchev–Trinajstić information content (AvgIpc) is 3.11. The van der Waals surface area contributed by atoms with E-state index >= 15 is 0 Å². The van der Waals surface area contributed by atoms with E-state index in [0.717, 1.165) is 0 Å². The molecule has 0 nitrogen and oxygen atoms in total. The van der Waals surface area contributed by atoms with E-state index in [2.05, 4.69) is 37.4 Å². The summed E-state index contributed by atoms with van der Waals surface area (Å²) in [5.74, 6) is 0. The van der Waals surface area contributed by atoms with E-state index < -0.39 is 8.07 Å². The van der Waals surface area contributed by atoms with Crippen LogP contribution in [-0.2, 0) is 51.9 Å². The van der Waals surface area contributed by atoms with Crippen molar-refractivity contribution < 1.29 is 26.2 Å². The molecule has 0 fully saturated rings. The Kier molecular flexibility index (Phi) is 4.82. The molecule has 2 aliphatic carbocycles. The van der Waals surface area contributed by atoms with Crippen LogP contribution >= 0.6 is 0 Å². The minimum absolute atomic E-state index is 0. The second kappa shape index (κ2) is 6.36. The van der Waals surface area contributed by atoms with Crippen molar-refractivity contribution in [1.29, 1.82) is 0 Å². The number of fused-ring (bicyclic) bond motifs is 2. The molecule has 0 heterocycles. The van der Waals surface area contributed by atoms with Crippen LogP contribution in [0.25, 0.3) is 0 Å². The molecule has 0 bridgehead atoms. The Morgan fingerprint density at radius 3 is 1.55 bits per heavy atom. The van der Waals surface area contributed by atoms with Crippen LogP contribution < -0.4 is 10.4 Å². The minimum atomic E-state index is -1.49. The SMILES string of the molecule is C[Si](C)(c1cc2c([cH-]1)CCCC2)c1cc2c([cH-]1)CCCC2.[Zr+2]. The molecule has 114 valence electrons. The summed E-state index contributed by atoms with van der Waals surface area (Å²) in [5, 5.41) is 3.36. The predicted molar refractivity (Wildman–Crippen MR) is 94.1 cm³/mol. The number of hydrogen-bond donors (Lipinski definition) is 0. The molecule has 4 rings (SSSR count). The standard InChI is InChI=1S/C20H26Si.Zr/c1-21(2,19-11-15-7-3-4-8-16(15)12-19)20-13-17-9-5-6-10-18(17)14-20;/h11-14H,3-10H2,1-2H3;/q-2;+2. The van der Waals surface area contributed by atoms with Crippen LogP contribution in [0.4, 0.5) is 0 Å². The first-order valence-corrected chi connectivity index (χ1v) is 11.7. The summed E-state index contributed by atoms with van der Waals surface area (Å²) in [6, 6.07) is 10.2. The monoisotopic (exact) mass is 384 g/mol. The van der Waals surface area contributed by atoms with Crippen molar-refractivity contribution in [2.45, 2.75) is 64.5 Å². The zero-order chi connectivity index (χ0) is 14.4. The number of hydrogen-bond acceptors (Lipinski definition) is 0. The minimum Gasteiger partial charge on any atom is -0.211 e. The summed E-state index contributed by atoms with van der Waals surface area (Å²) in [5.41, 5.74) is 6.64. The molecule has 0 spiro atoms. The largest absolute Gasteiger partial charge is 2.00 e. The van der Waals surface area contributed by atoms with Crippen LogP contribution in [-0.4, -0.2) is 8.07 Å². The molecule has 0 unspecified atom stereocenters. The van der Waals surface area contributed by atoms with E-state index in [0.29, 0.717) is 0 Å². The zero-order valence-electron chi connectivity index (χ0n) is 14.0. The Morgan fingerprint density at radius 1 is 0.727 bits per heavy atom. The van der Waals surface area contributed by atoms with Gasteiger partial charge in [0.15, 0.2) is 0 Å². The van der Waals surface area contributed by atoms with Gasteiger partial charge in [0, 0.05) is 0 Å². The Bertz CT molecular complexity index is 556. The molecule has 2 heteroatoms. The maximum absolute atomic E-state index is 2.56. The van der Waals surface area contributed by atoms with Crippen LogP contribution in [0.1, 0.15) is 47.9 Å². The quantitative estimate of drug-likeness (QED) is 0.546. The molecule has 22 heavy (non-hydrogen) atoms. The van der Waals surface area contributed by atoms with Crippen molar-refractivity contribution >= 4 is 18.4 Å². The summed E-state index contributed by atoms with van der Waals surface area (Å²) >= 11 is 0. The smallest absolute Gasteiger partial charge is 0.211 e. The van der Waals surface area contributed by atoms with Gasteiger partial charge in [-0.1, -0.05) is 64.5 Å². The summed E-state index contributed by atoms with van der Waals surface area (Å²) < 4.78 is 0. The molecule has 2 aliphatic rings. The van der Waals surface area contributed by atoms with E-state index in [9.17, 15) is 0 Å². The molecule has 2 aromatic rings. The van der Waals surface area contributed by atoms with Gasteiger partial charge in [0.1, 0.15) is 0 Å². The van der Waals surface area contributed by atoms with Gasteiger partial charge < -0.3 is 0 Å². The summed E-state index contributed by atoms with van der Waals surface area (Å²) in [7, 11) is -1.49. The third-order valence-corrected chi connectivity index (χ3v) is 9.34. The van der Waals surface area contributed by atoms with Gasteiger partial charge in [0.25, 0.3) is 0 Å². The molecular formula is C20H26SiZr. The van der Waals surface area contributed by atoms with Gasteiger partial charge in [-0.15, -0.1) is 0 Å². The number of aryl methyl sites for hydroxylation is 4. The fourth-order valence-electron chi connectivity index (χ4n) is 4.29.